The zero-order chi connectivity index (χ0) is 26.5. The first kappa shape index (κ1) is 28.3. The molecule has 0 saturated carbocycles. The third-order valence-corrected chi connectivity index (χ3v) is 6.12. The minimum Gasteiger partial charge on any atom is -0.508 e. The van der Waals surface area contributed by atoms with Crippen LogP contribution in [0.2, 0.25) is 0 Å². The van der Waals surface area contributed by atoms with Gasteiger partial charge >= 0.3 is 0 Å². The van der Waals surface area contributed by atoms with Gasteiger partial charge in [0.15, 0.2) is 11.5 Å². The average molecular weight is 518 g/mol. The summed E-state index contributed by atoms with van der Waals surface area (Å²) in [6.45, 7) is 7.57. The number of carbonyl (C=O) groups excluding carboxylic acids is 1. The third-order valence-electron chi connectivity index (χ3n) is 6.12. The van der Waals surface area contributed by atoms with Crippen LogP contribution in [0.15, 0.2) is 42.5 Å². The summed E-state index contributed by atoms with van der Waals surface area (Å²) in [5.41, 5.74) is 0.747. The molecule has 2 saturated heterocycles. The molecule has 2 aliphatic heterocycles. The Morgan fingerprint density at radius 1 is 1.03 bits per heavy atom. The number of anilines is 1. The summed E-state index contributed by atoms with van der Waals surface area (Å²) in [6, 6.07) is 11.6. The summed E-state index contributed by atoms with van der Waals surface area (Å²) >= 11 is 0. The number of nitrogens with zero attached hydrogens (tertiary/aromatic N) is 2. The fourth-order valence-corrected chi connectivity index (χ4v) is 4.06. The van der Waals surface area contributed by atoms with Gasteiger partial charge in [-0.1, -0.05) is 0 Å². The molecular weight excluding hydrogens is 478 g/mol. The van der Waals surface area contributed by atoms with Crippen molar-refractivity contribution in [3.8, 4) is 23.0 Å². The lowest BCUT2D eigenvalue weighted by molar-refractivity contribution is -0.131. The van der Waals surface area contributed by atoms with E-state index in [4.69, 9.17) is 19.3 Å². The fourth-order valence-electron chi connectivity index (χ4n) is 4.06. The van der Waals surface area contributed by atoms with Crippen molar-refractivity contribution in [2.75, 3.05) is 85.1 Å². The van der Waals surface area contributed by atoms with E-state index in [-0.39, 0.29) is 30.1 Å². The highest BCUT2D eigenvalue weighted by Gasteiger charge is 2.28. The Morgan fingerprint density at radius 3 is 2.49 bits per heavy atom. The Bertz CT molecular complexity index is 955. The summed E-state index contributed by atoms with van der Waals surface area (Å²) in [4.78, 5) is 16.9. The fraction of sp³-hybridized carbons (Fsp3) is 0.500. The number of ether oxygens (including phenoxy) is 3. The lowest BCUT2D eigenvalue weighted by Gasteiger charge is -2.41. The summed E-state index contributed by atoms with van der Waals surface area (Å²) in [7, 11) is 3.13. The molecule has 2 aliphatic rings. The molecule has 1 amide bonds. The van der Waals surface area contributed by atoms with Crippen LogP contribution >= 0.6 is 0 Å². The maximum absolute atomic E-state index is 12.5. The van der Waals surface area contributed by atoms with Crippen molar-refractivity contribution in [2.45, 2.75) is 6.17 Å². The molecule has 11 nitrogen and oxygen atoms in total. The van der Waals surface area contributed by atoms with Crippen LogP contribution in [0.4, 0.5) is 5.69 Å². The number of hydrogen-bond donors (Lipinski definition) is 5. The van der Waals surface area contributed by atoms with Crippen molar-refractivity contribution in [3.05, 3.63) is 42.5 Å². The SMILES string of the molecule is COCCOc1ccc(O)cc1.COc1cc(NCC(=O)N2CCNC(N3CCNCC3)C2)ccc1O. The zero-order valence-electron chi connectivity index (χ0n) is 21.6. The van der Waals surface area contributed by atoms with Crippen LogP contribution < -0.4 is 25.4 Å². The standard InChI is InChI=1S/C17H27N5O3.C9H12O3/c1-25-15-10-13(2-3-14(15)23)20-11-17(24)22-9-6-19-16(12-22)21-7-4-18-5-8-21;1-11-6-7-12-9-4-2-8(10)3-5-9/h2-3,10,16,18-20,23H,4-9,11-12H2,1H3;2-5,10H,6-7H2,1H3. The van der Waals surface area contributed by atoms with Crippen molar-refractivity contribution >= 4 is 11.6 Å². The van der Waals surface area contributed by atoms with Crippen molar-refractivity contribution in [3.63, 3.8) is 0 Å². The number of phenolic OH excluding ortho intramolecular Hbond substituents is 2. The third kappa shape index (κ3) is 9.29. The van der Waals surface area contributed by atoms with E-state index in [0.717, 1.165) is 50.7 Å². The lowest BCUT2D eigenvalue weighted by Crippen LogP contribution is -2.62. The van der Waals surface area contributed by atoms with Gasteiger partial charge in [0.1, 0.15) is 18.1 Å². The summed E-state index contributed by atoms with van der Waals surface area (Å²) in [5, 5.41) is 28.5. The maximum Gasteiger partial charge on any atom is 0.242 e. The molecule has 5 N–H and O–H groups in total. The highest BCUT2D eigenvalue weighted by molar-refractivity contribution is 5.81. The molecule has 2 heterocycles. The normalized spacial score (nSPS) is 17.9. The molecule has 0 aliphatic carbocycles. The van der Waals surface area contributed by atoms with Crippen LogP contribution in [0.5, 0.6) is 23.0 Å². The highest BCUT2D eigenvalue weighted by atomic mass is 16.5. The zero-order valence-corrected chi connectivity index (χ0v) is 21.6. The Labute approximate surface area is 218 Å². The second kappa shape index (κ2) is 15.1. The topological polar surface area (TPSA) is 128 Å². The number of aromatic hydroxyl groups is 2. The minimum atomic E-state index is 0.0775. The number of carbonyl (C=O) groups is 1. The molecule has 2 aromatic rings. The molecule has 11 heteroatoms. The Morgan fingerprint density at radius 2 is 1.78 bits per heavy atom. The first-order valence-electron chi connectivity index (χ1n) is 12.5. The van der Waals surface area contributed by atoms with Crippen LogP contribution in [0.1, 0.15) is 0 Å². The van der Waals surface area contributed by atoms with Crippen LogP contribution in [0, 0.1) is 0 Å². The molecule has 1 atom stereocenters. The average Bonchev–Trinajstić information content (AvgIpc) is 2.94. The predicted octanol–water partition coefficient (Wildman–Crippen LogP) is 0.893. The van der Waals surface area contributed by atoms with Crippen LogP contribution in [-0.2, 0) is 9.53 Å². The van der Waals surface area contributed by atoms with Gasteiger partial charge < -0.3 is 40.0 Å². The molecule has 0 spiro atoms. The molecule has 4 rings (SSSR count). The number of hydrogen-bond acceptors (Lipinski definition) is 10. The van der Waals surface area contributed by atoms with E-state index in [2.05, 4.69) is 20.9 Å². The Hall–Kier alpha value is -3.25. The van der Waals surface area contributed by atoms with E-state index in [1.54, 1.807) is 49.6 Å². The number of amides is 1. The van der Waals surface area contributed by atoms with Gasteiger partial charge in [-0.2, -0.15) is 0 Å². The number of benzene rings is 2. The second-order valence-electron chi connectivity index (χ2n) is 8.67. The molecule has 2 fully saturated rings. The van der Waals surface area contributed by atoms with Gasteiger partial charge in [0, 0.05) is 64.7 Å². The Kier molecular flexibility index (Phi) is 11.6. The number of methoxy groups -OCH3 is 2. The Balaban J connectivity index is 0.000000266. The predicted molar refractivity (Wildman–Crippen MR) is 141 cm³/mol. The van der Waals surface area contributed by atoms with Crippen LogP contribution in [-0.4, -0.2) is 112 Å². The van der Waals surface area contributed by atoms with E-state index < -0.39 is 0 Å². The quantitative estimate of drug-likeness (QED) is 0.242. The molecule has 2 aromatic carbocycles. The molecular formula is C26H39N5O6. The van der Waals surface area contributed by atoms with Gasteiger partial charge in [-0.05, 0) is 36.4 Å². The van der Waals surface area contributed by atoms with Crippen molar-refractivity contribution < 1.29 is 29.2 Å². The van der Waals surface area contributed by atoms with Gasteiger partial charge in [0.25, 0.3) is 0 Å². The van der Waals surface area contributed by atoms with E-state index in [9.17, 15) is 9.90 Å². The van der Waals surface area contributed by atoms with Crippen LogP contribution in [0.3, 0.4) is 0 Å². The van der Waals surface area contributed by atoms with Gasteiger partial charge in [0.05, 0.1) is 26.4 Å². The largest absolute Gasteiger partial charge is 0.508 e. The molecule has 0 radical (unpaired) electrons. The first-order valence-corrected chi connectivity index (χ1v) is 12.5. The van der Waals surface area contributed by atoms with E-state index in [1.165, 1.54) is 7.11 Å². The van der Waals surface area contributed by atoms with E-state index in [0.29, 0.717) is 25.5 Å². The second-order valence-corrected chi connectivity index (χ2v) is 8.67. The number of nitrogens with one attached hydrogen (secondary N) is 3. The molecule has 0 aromatic heterocycles. The molecule has 37 heavy (non-hydrogen) atoms. The van der Waals surface area contributed by atoms with E-state index >= 15 is 0 Å². The number of rotatable bonds is 9. The monoisotopic (exact) mass is 517 g/mol. The van der Waals surface area contributed by atoms with E-state index in [1.807, 2.05) is 4.90 Å². The van der Waals surface area contributed by atoms with Gasteiger partial charge in [-0.25, -0.2) is 0 Å². The minimum absolute atomic E-state index is 0.0775. The summed E-state index contributed by atoms with van der Waals surface area (Å²) in [5.74, 6) is 1.53. The van der Waals surface area contributed by atoms with Gasteiger partial charge in [-0.15, -0.1) is 0 Å². The van der Waals surface area contributed by atoms with Gasteiger partial charge in [0.2, 0.25) is 5.91 Å². The first-order chi connectivity index (χ1) is 18.0. The molecule has 0 bridgehead atoms. The molecule has 1 unspecified atom stereocenters. The maximum atomic E-state index is 12.5. The van der Waals surface area contributed by atoms with Crippen molar-refractivity contribution in [1.82, 2.24) is 20.4 Å². The summed E-state index contributed by atoms with van der Waals surface area (Å²) in [6.07, 6.45) is 0.230. The highest BCUT2D eigenvalue weighted by Crippen LogP contribution is 2.28. The van der Waals surface area contributed by atoms with Crippen LogP contribution in [0.25, 0.3) is 0 Å². The molecule has 204 valence electrons. The van der Waals surface area contributed by atoms with Gasteiger partial charge in [-0.3, -0.25) is 15.0 Å². The lowest BCUT2D eigenvalue weighted by atomic mass is 10.2. The van der Waals surface area contributed by atoms with Crippen molar-refractivity contribution in [2.24, 2.45) is 0 Å². The van der Waals surface area contributed by atoms with Crippen molar-refractivity contribution in [1.29, 1.82) is 0 Å². The summed E-state index contributed by atoms with van der Waals surface area (Å²) < 4.78 is 15.2. The smallest absolute Gasteiger partial charge is 0.242 e. The number of piperazine rings is 2. The number of phenols is 2.